The molecule has 0 fully saturated rings. The first kappa shape index (κ1) is 13.0. The molecule has 0 bridgehead atoms. The number of carbonyl (C=O) groups is 1. The Bertz CT molecular complexity index is 584. The van der Waals surface area contributed by atoms with Gasteiger partial charge in [-0.2, -0.15) is 0 Å². The van der Waals surface area contributed by atoms with Crippen LogP contribution in [0.2, 0.25) is 0 Å². The van der Waals surface area contributed by atoms with E-state index in [1.807, 2.05) is 19.2 Å². The van der Waals surface area contributed by atoms with Gasteiger partial charge in [-0.15, -0.1) is 11.3 Å². The van der Waals surface area contributed by atoms with Crippen molar-refractivity contribution >= 4 is 17.1 Å². The number of nitrogens with zero attached hydrogens (tertiary/aromatic N) is 1. The van der Waals surface area contributed by atoms with Crippen molar-refractivity contribution in [3.05, 3.63) is 27.2 Å². The highest BCUT2D eigenvalue weighted by Gasteiger charge is 2.17. The number of hydrogen-bond acceptors (Lipinski definition) is 4. The number of ketones is 1. The zero-order valence-corrected chi connectivity index (χ0v) is 11.8. The van der Waals surface area contributed by atoms with Crippen LogP contribution in [0, 0.1) is 13.8 Å². The largest absolute Gasteiger partial charge is 0.378 e. The second kappa shape index (κ2) is 5.04. The standard InChI is InChI=1S/C13H16N2O2S/c1-7-12(9(3)16)8(2)14-13(7)10-6-18-11(15-10)5-17-4/h6,14H,5H2,1-4H3. The SMILES string of the molecule is COCc1nc(-c2[nH]c(C)c(C(C)=O)c2C)cs1. The molecule has 2 rings (SSSR count). The molecule has 0 saturated heterocycles. The van der Waals surface area contributed by atoms with Gasteiger partial charge in [-0.05, 0) is 26.3 Å². The maximum absolute atomic E-state index is 11.6. The van der Waals surface area contributed by atoms with E-state index in [1.165, 1.54) is 0 Å². The Morgan fingerprint density at radius 2 is 2.22 bits per heavy atom. The van der Waals surface area contributed by atoms with Crippen molar-refractivity contribution in [2.45, 2.75) is 27.4 Å². The minimum absolute atomic E-state index is 0.0832. The minimum atomic E-state index is 0.0832. The Morgan fingerprint density at radius 3 is 2.78 bits per heavy atom. The van der Waals surface area contributed by atoms with Crippen LogP contribution in [0.1, 0.15) is 33.5 Å². The fourth-order valence-electron chi connectivity index (χ4n) is 2.15. The van der Waals surface area contributed by atoms with Crippen molar-refractivity contribution in [2.75, 3.05) is 7.11 Å². The first-order valence-electron chi connectivity index (χ1n) is 5.68. The average Bonchev–Trinajstić information content (AvgIpc) is 2.84. The molecule has 0 radical (unpaired) electrons. The van der Waals surface area contributed by atoms with Crippen LogP contribution in [-0.2, 0) is 11.3 Å². The van der Waals surface area contributed by atoms with Gasteiger partial charge in [0.2, 0.25) is 0 Å². The highest BCUT2D eigenvalue weighted by Crippen LogP contribution is 2.28. The monoisotopic (exact) mass is 264 g/mol. The molecule has 0 aliphatic carbocycles. The quantitative estimate of drug-likeness (QED) is 0.863. The van der Waals surface area contributed by atoms with Gasteiger partial charge in [0.15, 0.2) is 5.78 Å². The summed E-state index contributed by atoms with van der Waals surface area (Å²) in [6.45, 7) is 5.97. The number of rotatable bonds is 4. The van der Waals surface area contributed by atoms with Gasteiger partial charge >= 0.3 is 0 Å². The second-order valence-electron chi connectivity index (χ2n) is 4.24. The van der Waals surface area contributed by atoms with Crippen molar-refractivity contribution in [1.29, 1.82) is 0 Å². The lowest BCUT2D eigenvalue weighted by molar-refractivity contribution is 0.101. The molecule has 0 spiro atoms. The van der Waals surface area contributed by atoms with Crippen LogP contribution >= 0.6 is 11.3 Å². The van der Waals surface area contributed by atoms with E-state index in [9.17, 15) is 4.79 Å². The fourth-order valence-corrected chi connectivity index (χ4v) is 2.90. The van der Waals surface area contributed by atoms with Crippen LogP contribution < -0.4 is 0 Å². The van der Waals surface area contributed by atoms with Crippen LogP contribution in [0.3, 0.4) is 0 Å². The molecular weight excluding hydrogens is 248 g/mol. The van der Waals surface area contributed by atoms with E-state index in [-0.39, 0.29) is 5.78 Å². The third-order valence-electron chi connectivity index (χ3n) is 2.87. The van der Waals surface area contributed by atoms with E-state index in [0.29, 0.717) is 6.61 Å². The molecule has 1 N–H and O–H groups in total. The molecule has 2 heterocycles. The summed E-state index contributed by atoms with van der Waals surface area (Å²) < 4.78 is 5.06. The van der Waals surface area contributed by atoms with Gasteiger partial charge < -0.3 is 9.72 Å². The fraction of sp³-hybridized carbons (Fsp3) is 0.385. The summed E-state index contributed by atoms with van der Waals surface area (Å²) in [5, 5.41) is 2.92. The average molecular weight is 264 g/mol. The van der Waals surface area contributed by atoms with Crippen LogP contribution in [-0.4, -0.2) is 22.9 Å². The molecule has 4 nitrogen and oxygen atoms in total. The van der Waals surface area contributed by atoms with Crippen molar-refractivity contribution in [3.8, 4) is 11.4 Å². The molecule has 5 heteroatoms. The summed E-state index contributed by atoms with van der Waals surface area (Å²) in [6, 6.07) is 0. The van der Waals surface area contributed by atoms with Crippen LogP contribution in [0.25, 0.3) is 11.4 Å². The van der Waals surface area contributed by atoms with E-state index >= 15 is 0 Å². The Balaban J connectivity index is 2.44. The van der Waals surface area contributed by atoms with Gasteiger partial charge in [0, 0.05) is 23.7 Å². The minimum Gasteiger partial charge on any atom is -0.378 e. The predicted octanol–water partition coefficient (Wildman–Crippen LogP) is 3.10. The van der Waals surface area contributed by atoms with E-state index in [4.69, 9.17) is 4.74 Å². The van der Waals surface area contributed by atoms with Gasteiger partial charge in [-0.25, -0.2) is 4.98 Å². The summed E-state index contributed by atoms with van der Waals surface area (Å²) >= 11 is 1.56. The lowest BCUT2D eigenvalue weighted by atomic mass is 10.1. The molecule has 96 valence electrons. The number of methoxy groups -OCH3 is 1. The smallest absolute Gasteiger partial charge is 0.161 e. The number of Topliss-reactive ketones (excluding diaryl/α,β-unsaturated/α-hetero) is 1. The first-order chi connectivity index (χ1) is 8.54. The van der Waals surface area contributed by atoms with Gasteiger partial charge in [-0.1, -0.05) is 0 Å². The van der Waals surface area contributed by atoms with Crippen LogP contribution in [0.15, 0.2) is 5.38 Å². The maximum atomic E-state index is 11.6. The molecule has 0 amide bonds. The lowest BCUT2D eigenvalue weighted by Crippen LogP contribution is -1.94. The number of thiazole rings is 1. The molecule has 2 aromatic heterocycles. The highest BCUT2D eigenvalue weighted by atomic mass is 32.1. The number of nitrogens with one attached hydrogen (secondary N) is 1. The van der Waals surface area contributed by atoms with E-state index in [2.05, 4.69) is 9.97 Å². The molecule has 0 aliphatic rings. The summed E-state index contributed by atoms with van der Waals surface area (Å²) in [5.41, 5.74) is 4.44. The first-order valence-corrected chi connectivity index (χ1v) is 6.56. The van der Waals surface area contributed by atoms with Gasteiger partial charge in [0.25, 0.3) is 0 Å². The predicted molar refractivity (Wildman–Crippen MR) is 72.1 cm³/mol. The Hall–Kier alpha value is -1.46. The number of H-pyrrole nitrogens is 1. The number of aromatic nitrogens is 2. The van der Waals surface area contributed by atoms with Crippen LogP contribution in [0.4, 0.5) is 0 Å². The van der Waals surface area contributed by atoms with Gasteiger partial charge in [-0.3, -0.25) is 4.79 Å². The molecule has 0 aromatic carbocycles. The molecule has 2 aromatic rings. The van der Waals surface area contributed by atoms with Crippen LogP contribution in [0.5, 0.6) is 0 Å². The normalized spacial score (nSPS) is 10.9. The highest BCUT2D eigenvalue weighted by molar-refractivity contribution is 7.09. The number of ether oxygens (including phenoxy) is 1. The topological polar surface area (TPSA) is 55.0 Å². The number of aryl methyl sites for hydroxylation is 1. The molecule has 18 heavy (non-hydrogen) atoms. The molecule has 0 aliphatic heterocycles. The molecule has 0 atom stereocenters. The van der Waals surface area contributed by atoms with Gasteiger partial charge in [0.1, 0.15) is 5.01 Å². The van der Waals surface area contributed by atoms with Crippen molar-refractivity contribution < 1.29 is 9.53 Å². The maximum Gasteiger partial charge on any atom is 0.161 e. The van der Waals surface area contributed by atoms with Crippen molar-refractivity contribution in [3.63, 3.8) is 0 Å². The van der Waals surface area contributed by atoms with E-state index in [0.717, 1.165) is 33.2 Å². The molecule has 0 unspecified atom stereocenters. The zero-order valence-electron chi connectivity index (χ0n) is 11.0. The number of carbonyl (C=O) groups excluding carboxylic acids is 1. The van der Waals surface area contributed by atoms with Crippen molar-refractivity contribution in [1.82, 2.24) is 9.97 Å². The summed E-state index contributed by atoms with van der Waals surface area (Å²) in [6.07, 6.45) is 0. The number of aromatic amines is 1. The number of hydrogen-bond donors (Lipinski definition) is 1. The summed E-state index contributed by atoms with van der Waals surface area (Å²) in [4.78, 5) is 19.3. The lowest BCUT2D eigenvalue weighted by Gasteiger charge is -1.97. The summed E-state index contributed by atoms with van der Waals surface area (Å²) in [5.74, 6) is 0.0832. The Kier molecular flexibility index (Phi) is 3.63. The third kappa shape index (κ3) is 2.23. The Morgan fingerprint density at radius 1 is 1.50 bits per heavy atom. The van der Waals surface area contributed by atoms with E-state index in [1.54, 1.807) is 25.4 Å². The van der Waals surface area contributed by atoms with Crippen molar-refractivity contribution in [2.24, 2.45) is 0 Å². The van der Waals surface area contributed by atoms with Gasteiger partial charge in [0.05, 0.1) is 18.0 Å². The Labute approximate surface area is 110 Å². The zero-order chi connectivity index (χ0) is 13.3. The summed E-state index contributed by atoms with van der Waals surface area (Å²) in [7, 11) is 1.65. The second-order valence-corrected chi connectivity index (χ2v) is 5.18. The molecular formula is C13H16N2O2S. The molecule has 0 saturated carbocycles. The third-order valence-corrected chi connectivity index (χ3v) is 3.69. The van der Waals surface area contributed by atoms with E-state index < -0.39 is 0 Å².